The van der Waals surface area contributed by atoms with Crippen LogP contribution in [-0.2, 0) is 27.4 Å². The molecular weight excluding hydrogens is 446 g/mol. The number of amides is 1. The van der Waals surface area contributed by atoms with Gasteiger partial charge >= 0.3 is 12.1 Å². The number of carbonyl (C=O) groups is 3. The summed E-state index contributed by atoms with van der Waals surface area (Å²) in [7, 11) is 0. The molecule has 1 amide bonds. The number of benzene rings is 2. The molecule has 0 spiro atoms. The van der Waals surface area contributed by atoms with Gasteiger partial charge in [-0.25, -0.2) is 4.79 Å². The molecule has 1 heterocycles. The lowest BCUT2D eigenvalue weighted by Gasteiger charge is -2.32. The Hall–Kier alpha value is -4.17. The molecule has 1 aliphatic carbocycles. The third-order valence-corrected chi connectivity index (χ3v) is 6.14. The van der Waals surface area contributed by atoms with E-state index in [0.29, 0.717) is 5.70 Å². The number of nitrogens with one attached hydrogen (secondary N) is 2. The zero-order valence-electron chi connectivity index (χ0n) is 19.1. The molecule has 5 N–H and O–H groups in total. The number of fused-ring (bicyclic) bond motifs is 1. The van der Waals surface area contributed by atoms with Gasteiger partial charge < -0.3 is 20.6 Å². The molecule has 3 aromatic rings. The van der Waals surface area contributed by atoms with Crippen molar-refractivity contribution in [3.05, 3.63) is 95.8 Å². The summed E-state index contributed by atoms with van der Waals surface area (Å²) in [6, 6.07) is 16.1. The van der Waals surface area contributed by atoms with Gasteiger partial charge in [-0.05, 0) is 36.1 Å². The molecule has 2 atom stereocenters. The van der Waals surface area contributed by atoms with Crippen LogP contribution in [0.4, 0.5) is 4.79 Å². The van der Waals surface area contributed by atoms with Gasteiger partial charge in [-0.2, -0.15) is 0 Å². The fourth-order valence-electron chi connectivity index (χ4n) is 4.32. The van der Waals surface area contributed by atoms with Crippen molar-refractivity contribution in [3.63, 3.8) is 0 Å². The molecule has 0 fully saturated rings. The second-order valence-corrected chi connectivity index (χ2v) is 8.64. The normalized spacial score (nSPS) is 18.0. The Balaban J connectivity index is 1.42. The summed E-state index contributed by atoms with van der Waals surface area (Å²) < 4.78 is 5.22. The summed E-state index contributed by atoms with van der Waals surface area (Å²) in [5, 5.41) is 13.1. The van der Waals surface area contributed by atoms with E-state index in [2.05, 4.69) is 10.3 Å². The summed E-state index contributed by atoms with van der Waals surface area (Å²) in [6.07, 6.45) is 5.86. The first-order valence-corrected chi connectivity index (χ1v) is 11.3. The van der Waals surface area contributed by atoms with Crippen LogP contribution in [0.1, 0.15) is 24.0 Å². The van der Waals surface area contributed by atoms with E-state index in [9.17, 15) is 19.5 Å². The molecule has 1 unspecified atom stereocenters. The minimum Gasteiger partial charge on any atom is -0.481 e. The van der Waals surface area contributed by atoms with E-state index >= 15 is 0 Å². The summed E-state index contributed by atoms with van der Waals surface area (Å²) in [4.78, 5) is 40.4. The number of nitrogens with two attached hydrogens (primary N) is 1. The van der Waals surface area contributed by atoms with Gasteiger partial charge in [-0.15, -0.1) is 0 Å². The van der Waals surface area contributed by atoms with Crippen molar-refractivity contribution < 1.29 is 24.2 Å². The first-order chi connectivity index (χ1) is 16.9. The number of carboxylic acids is 1. The maximum atomic E-state index is 13.4. The molecule has 35 heavy (non-hydrogen) atoms. The van der Waals surface area contributed by atoms with E-state index in [1.54, 1.807) is 6.08 Å². The molecule has 1 aliphatic rings. The molecule has 8 heteroatoms. The average Bonchev–Trinajstić information content (AvgIpc) is 3.26. The van der Waals surface area contributed by atoms with Crippen LogP contribution in [-0.4, -0.2) is 34.0 Å². The van der Waals surface area contributed by atoms with Gasteiger partial charge in [0.1, 0.15) is 6.61 Å². The molecular formula is C27H27N3O5. The lowest BCUT2D eigenvalue weighted by atomic mass is 9.71. The van der Waals surface area contributed by atoms with Crippen molar-refractivity contribution in [2.75, 3.05) is 0 Å². The lowest BCUT2D eigenvalue weighted by molar-refractivity contribution is -0.143. The zero-order chi connectivity index (χ0) is 24.8. The monoisotopic (exact) mass is 473 g/mol. The number of aliphatic carboxylic acids is 1. The second-order valence-electron chi connectivity index (χ2n) is 8.64. The Labute approximate surface area is 202 Å². The average molecular weight is 474 g/mol. The van der Waals surface area contributed by atoms with E-state index in [-0.39, 0.29) is 25.2 Å². The van der Waals surface area contributed by atoms with Crippen molar-refractivity contribution in [1.82, 2.24) is 10.3 Å². The second kappa shape index (κ2) is 10.4. The number of hydrogen-bond donors (Lipinski definition) is 4. The Morgan fingerprint density at radius 1 is 1.11 bits per heavy atom. The number of ether oxygens (including phenoxy) is 1. The number of aromatic amines is 1. The van der Waals surface area contributed by atoms with Crippen LogP contribution in [0.5, 0.6) is 0 Å². The van der Waals surface area contributed by atoms with Crippen molar-refractivity contribution >= 4 is 28.7 Å². The molecule has 0 aliphatic heterocycles. The van der Waals surface area contributed by atoms with Crippen LogP contribution in [0, 0.1) is 5.41 Å². The predicted molar refractivity (Wildman–Crippen MR) is 131 cm³/mol. The number of ketones is 1. The van der Waals surface area contributed by atoms with Gasteiger partial charge in [0, 0.05) is 22.8 Å². The SMILES string of the molecule is N[C@@H](Cc1c[nH]c2ccccc12)C(=O)C1(CC(=O)O)C=CC(NC(=O)OCc2ccccc2)=CC1. The van der Waals surface area contributed by atoms with Crippen LogP contribution in [0.15, 0.2) is 84.7 Å². The molecule has 0 saturated heterocycles. The van der Waals surface area contributed by atoms with Gasteiger partial charge in [0.05, 0.1) is 17.9 Å². The minimum atomic E-state index is -1.30. The predicted octanol–water partition coefficient (Wildman–Crippen LogP) is 3.84. The van der Waals surface area contributed by atoms with Gasteiger partial charge in [-0.3, -0.25) is 14.9 Å². The zero-order valence-corrected chi connectivity index (χ0v) is 19.1. The van der Waals surface area contributed by atoms with Gasteiger partial charge in [0.25, 0.3) is 0 Å². The Morgan fingerprint density at radius 2 is 1.86 bits per heavy atom. The van der Waals surface area contributed by atoms with Crippen LogP contribution in [0.2, 0.25) is 0 Å². The van der Waals surface area contributed by atoms with Crippen LogP contribution < -0.4 is 11.1 Å². The molecule has 2 aromatic carbocycles. The van der Waals surface area contributed by atoms with E-state index in [1.165, 1.54) is 12.2 Å². The van der Waals surface area contributed by atoms with Crippen molar-refractivity contribution in [2.45, 2.75) is 31.9 Å². The van der Waals surface area contributed by atoms with Crippen LogP contribution >= 0.6 is 0 Å². The van der Waals surface area contributed by atoms with Crippen molar-refractivity contribution in [2.24, 2.45) is 11.1 Å². The van der Waals surface area contributed by atoms with Crippen molar-refractivity contribution in [3.8, 4) is 0 Å². The van der Waals surface area contributed by atoms with Crippen LogP contribution in [0.25, 0.3) is 10.9 Å². The van der Waals surface area contributed by atoms with E-state index in [0.717, 1.165) is 22.0 Å². The number of alkyl carbamates (subject to hydrolysis) is 1. The maximum Gasteiger partial charge on any atom is 0.411 e. The van der Waals surface area contributed by atoms with Gasteiger partial charge in [0.15, 0.2) is 5.78 Å². The number of carbonyl (C=O) groups excluding carboxylic acids is 2. The Bertz CT molecular complexity index is 1290. The van der Waals surface area contributed by atoms with E-state index < -0.39 is 29.9 Å². The fraction of sp³-hybridized carbons (Fsp3) is 0.222. The quantitative estimate of drug-likeness (QED) is 0.373. The number of Topliss-reactive ketones (excluding diaryl/α,β-unsaturated/α-hetero) is 1. The van der Waals surface area contributed by atoms with E-state index in [4.69, 9.17) is 10.5 Å². The topological polar surface area (TPSA) is 135 Å². The number of aromatic nitrogens is 1. The lowest BCUT2D eigenvalue weighted by Crippen LogP contribution is -2.45. The molecule has 1 aromatic heterocycles. The molecule has 180 valence electrons. The van der Waals surface area contributed by atoms with Gasteiger partial charge in [0.2, 0.25) is 0 Å². The van der Waals surface area contributed by atoms with Crippen molar-refractivity contribution in [1.29, 1.82) is 0 Å². The Kier molecular flexibility index (Phi) is 7.12. The highest BCUT2D eigenvalue weighted by molar-refractivity contribution is 5.95. The largest absolute Gasteiger partial charge is 0.481 e. The first kappa shape index (κ1) is 24.0. The third kappa shape index (κ3) is 5.67. The third-order valence-electron chi connectivity index (χ3n) is 6.14. The first-order valence-electron chi connectivity index (χ1n) is 11.3. The number of H-pyrrole nitrogens is 1. The summed E-state index contributed by atoms with van der Waals surface area (Å²) >= 11 is 0. The summed E-state index contributed by atoms with van der Waals surface area (Å²) in [5.41, 5.74) is 8.13. The number of rotatable bonds is 9. The van der Waals surface area contributed by atoms with Crippen LogP contribution in [0.3, 0.4) is 0 Å². The highest BCUT2D eigenvalue weighted by Crippen LogP contribution is 2.36. The van der Waals surface area contributed by atoms with E-state index in [1.807, 2.05) is 60.8 Å². The highest BCUT2D eigenvalue weighted by atomic mass is 16.5. The molecule has 0 saturated carbocycles. The molecule has 0 radical (unpaired) electrons. The fourth-order valence-corrected chi connectivity index (χ4v) is 4.32. The molecule has 0 bridgehead atoms. The van der Waals surface area contributed by atoms with Gasteiger partial charge in [-0.1, -0.05) is 60.7 Å². The number of allylic oxidation sites excluding steroid dienone is 3. The molecule has 4 rings (SSSR count). The smallest absolute Gasteiger partial charge is 0.411 e. The highest BCUT2D eigenvalue weighted by Gasteiger charge is 2.41. The maximum absolute atomic E-state index is 13.4. The number of para-hydroxylation sites is 1. The Morgan fingerprint density at radius 3 is 2.57 bits per heavy atom. The minimum absolute atomic E-state index is 0.102. The number of carboxylic acid groups (broad SMARTS) is 1. The number of hydrogen-bond acceptors (Lipinski definition) is 5. The summed E-state index contributed by atoms with van der Waals surface area (Å²) in [5.74, 6) is -1.46. The summed E-state index contributed by atoms with van der Waals surface area (Å²) in [6.45, 7) is 0.119. The molecule has 8 nitrogen and oxygen atoms in total. The standard InChI is InChI=1S/C27H27N3O5/c28-22(14-19-16-29-23-9-5-4-8-21(19)23)25(33)27(15-24(31)32)12-10-20(11-13-27)30-26(34)35-17-18-6-2-1-3-7-18/h1-12,16,22,29H,13-15,17,28H2,(H,30,34)(H,31,32)/t22-,27?/m0/s1.